The molecule has 1 amide bonds. The average molecular weight is 393 g/mol. The van der Waals surface area contributed by atoms with Crippen molar-refractivity contribution in [1.82, 2.24) is 9.97 Å². The molecule has 0 aliphatic carbocycles. The Bertz CT molecular complexity index is 1010. The molecule has 2 aromatic carbocycles. The van der Waals surface area contributed by atoms with Gasteiger partial charge in [0, 0.05) is 24.6 Å². The molecule has 0 radical (unpaired) electrons. The summed E-state index contributed by atoms with van der Waals surface area (Å²) in [5, 5.41) is 3.77. The van der Waals surface area contributed by atoms with Crippen molar-refractivity contribution in [3.05, 3.63) is 76.1 Å². The molecular weight excluding hydrogens is 372 g/mol. The number of hydrogen-bond acceptors (Lipinski definition) is 4. The predicted octanol–water partition coefficient (Wildman–Crippen LogP) is 5.08. The summed E-state index contributed by atoms with van der Waals surface area (Å²) in [4.78, 5) is 23.4. The van der Waals surface area contributed by atoms with Crippen LogP contribution in [0.15, 0.2) is 48.8 Å². The topological polar surface area (TPSA) is 58.1 Å². The third-order valence-corrected chi connectivity index (χ3v) is 5.22. The Labute approximate surface area is 169 Å². The Kier molecular flexibility index (Phi) is 5.01. The Morgan fingerprint density at radius 3 is 2.64 bits per heavy atom. The minimum absolute atomic E-state index is 0.0803. The lowest BCUT2D eigenvalue weighted by atomic mass is 10.0. The highest BCUT2D eigenvalue weighted by Crippen LogP contribution is 2.30. The largest absolute Gasteiger partial charge is 0.323 e. The maximum Gasteiger partial charge on any atom is 0.261 e. The number of carbonyl (C=O) groups excluding carboxylic acids is 1. The maximum atomic E-state index is 13.0. The molecular formula is C22H21ClN4O. The SMILES string of the molecule is Cc1cc(C)c(Nc2ncc(C(=O)N3CCCc4ccccc43)cn2)c(Cl)c1. The lowest BCUT2D eigenvalue weighted by Crippen LogP contribution is -2.35. The summed E-state index contributed by atoms with van der Waals surface area (Å²) in [6.45, 7) is 4.68. The fraction of sp³-hybridized carbons (Fsp3) is 0.227. The van der Waals surface area contributed by atoms with Gasteiger partial charge in [-0.1, -0.05) is 35.9 Å². The third-order valence-electron chi connectivity index (χ3n) is 4.92. The lowest BCUT2D eigenvalue weighted by molar-refractivity contribution is 0.0984. The van der Waals surface area contributed by atoms with E-state index < -0.39 is 0 Å². The number of halogens is 1. The average Bonchev–Trinajstić information content (AvgIpc) is 2.70. The summed E-state index contributed by atoms with van der Waals surface area (Å²) in [5.74, 6) is 0.327. The summed E-state index contributed by atoms with van der Waals surface area (Å²) in [6.07, 6.45) is 5.07. The summed E-state index contributed by atoms with van der Waals surface area (Å²) in [7, 11) is 0. The fourth-order valence-electron chi connectivity index (χ4n) is 3.59. The van der Waals surface area contributed by atoms with Crippen LogP contribution in [0.2, 0.25) is 5.02 Å². The lowest BCUT2D eigenvalue weighted by Gasteiger charge is -2.29. The first-order chi connectivity index (χ1) is 13.5. The predicted molar refractivity (Wildman–Crippen MR) is 113 cm³/mol. The number of nitrogens with one attached hydrogen (secondary N) is 1. The van der Waals surface area contributed by atoms with Gasteiger partial charge in [0.05, 0.1) is 16.3 Å². The third kappa shape index (κ3) is 3.58. The van der Waals surface area contributed by atoms with Crippen LogP contribution in [0.25, 0.3) is 0 Å². The quantitative estimate of drug-likeness (QED) is 0.675. The van der Waals surface area contributed by atoms with Gasteiger partial charge in [0.25, 0.3) is 5.91 Å². The van der Waals surface area contributed by atoms with Crippen molar-refractivity contribution in [3.8, 4) is 0 Å². The van der Waals surface area contributed by atoms with E-state index in [1.54, 1.807) is 12.4 Å². The van der Waals surface area contributed by atoms with E-state index in [-0.39, 0.29) is 5.91 Å². The number of benzene rings is 2. The molecule has 0 atom stereocenters. The summed E-state index contributed by atoms with van der Waals surface area (Å²) in [5.41, 5.74) is 5.52. The number of nitrogens with zero attached hydrogens (tertiary/aromatic N) is 3. The fourth-order valence-corrected chi connectivity index (χ4v) is 3.96. The molecule has 3 aromatic rings. The number of aromatic nitrogens is 2. The number of aryl methyl sites for hydroxylation is 3. The molecule has 1 aliphatic heterocycles. The Hall–Kier alpha value is -2.92. The second-order valence-corrected chi connectivity index (χ2v) is 7.46. The van der Waals surface area contributed by atoms with E-state index >= 15 is 0 Å². The Morgan fingerprint density at radius 2 is 1.89 bits per heavy atom. The molecule has 0 saturated carbocycles. The van der Waals surface area contributed by atoms with Crippen LogP contribution >= 0.6 is 11.6 Å². The summed E-state index contributed by atoms with van der Waals surface area (Å²) in [6, 6.07) is 12.0. The van der Waals surface area contributed by atoms with Crippen LogP contribution < -0.4 is 10.2 Å². The smallest absolute Gasteiger partial charge is 0.261 e. The van der Waals surface area contributed by atoms with Crippen LogP contribution in [0, 0.1) is 13.8 Å². The zero-order chi connectivity index (χ0) is 19.7. The van der Waals surface area contributed by atoms with E-state index in [2.05, 4.69) is 21.4 Å². The van der Waals surface area contributed by atoms with Gasteiger partial charge in [0.2, 0.25) is 5.95 Å². The van der Waals surface area contributed by atoms with Gasteiger partial charge < -0.3 is 10.2 Å². The first-order valence-corrected chi connectivity index (χ1v) is 9.66. The summed E-state index contributed by atoms with van der Waals surface area (Å²) >= 11 is 6.34. The monoisotopic (exact) mass is 392 g/mol. The Balaban J connectivity index is 1.55. The highest BCUT2D eigenvalue weighted by atomic mass is 35.5. The van der Waals surface area contributed by atoms with Crippen molar-refractivity contribution in [2.24, 2.45) is 0 Å². The molecule has 1 aromatic heterocycles. The number of rotatable bonds is 3. The van der Waals surface area contributed by atoms with E-state index in [0.29, 0.717) is 23.1 Å². The van der Waals surface area contributed by atoms with Gasteiger partial charge in [0.15, 0.2) is 0 Å². The normalized spacial score (nSPS) is 13.2. The van der Waals surface area contributed by atoms with Gasteiger partial charge in [0.1, 0.15) is 0 Å². The molecule has 142 valence electrons. The zero-order valence-corrected chi connectivity index (χ0v) is 16.6. The summed E-state index contributed by atoms with van der Waals surface area (Å²) < 4.78 is 0. The van der Waals surface area contributed by atoms with E-state index in [1.165, 1.54) is 5.56 Å². The number of fused-ring (bicyclic) bond motifs is 1. The molecule has 0 bridgehead atoms. The molecule has 0 unspecified atom stereocenters. The van der Waals surface area contributed by atoms with Gasteiger partial charge in [-0.05, 0) is 55.5 Å². The molecule has 0 fully saturated rings. The molecule has 0 saturated heterocycles. The van der Waals surface area contributed by atoms with Crippen molar-refractivity contribution < 1.29 is 4.79 Å². The minimum Gasteiger partial charge on any atom is -0.323 e. The van der Waals surface area contributed by atoms with Gasteiger partial charge >= 0.3 is 0 Å². The van der Waals surface area contributed by atoms with Crippen LogP contribution in [0.5, 0.6) is 0 Å². The van der Waals surface area contributed by atoms with Crippen LogP contribution in [0.1, 0.15) is 33.5 Å². The molecule has 1 aliphatic rings. The minimum atomic E-state index is -0.0803. The van der Waals surface area contributed by atoms with Crippen LogP contribution in [0.4, 0.5) is 17.3 Å². The molecule has 1 N–H and O–H groups in total. The first kappa shape index (κ1) is 18.4. The number of para-hydroxylation sites is 1. The van der Waals surface area contributed by atoms with E-state index in [1.807, 2.05) is 49.1 Å². The molecule has 4 rings (SSSR count). The Morgan fingerprint density at radius 1 is 1.14 bits per heavy atom. The molecule has 2 heterocycles. The van der Waals surface area contributed by atoms with Crippen molar-refractivity contribution in [2.45, 2.75) is 26.7 Å². The molecule has 6 heteroatoms. The maximum absolute atomic E-state index is 13.0. The van der Waals surface area contributed by atoms with Gasteiger partial charge in [-0.2, -0.15) is 0 Å². The molecule has 28 heavy (non-hydrogen) atoms. The van der Waals surface area contributed by atoms with Crippen LogP contribution in [-0.2, 0) is 6.42 Å². The first-order valence-electron chi connectivity index (χ1n) is 9.28. The van der Waals surface area contributed by atoms with Gasteiger partial charge in [-0.15, -0.1) is 0 Å². The number of carbonyl (C=O) groups is 1. The number of amides is 1. The van der Waals surface area contributed by atoms with Crippen molar-refractivity contribution in [3.63, 3.8) is 0 Å². The van der Waals surface area contributed by atoms with E-state index in [9.17, 15) is 4.79 Å². The van der Waals surface area contributed by atoms with Crippen molar-refractivity contribution >= 4 is 34.8 Å². The van der Waals surface area contributed by atoms with Gasteiger partial charge in [-0.25, -0.2) is 9.97 Å². The van der Waals surface area contributed by atoms with Crippen LogP contribution in [-0.4, -0.2) is 22.4 Å². The zero-order valence-electron chi connectivity index (χ0n) is 15.9. The number of hydrogen-bond donors (Lipinski definition) is 1. The van der Waals surface area contributed by atoms with Crippen molar-refractivity contribution in [2.75, 3.05) is 16.8 Å². The van der Waals surface area contributed by atoms with Crippen molar-refractivity contribution in [1.29, 1.82) is 0 Å². The molecule has 5 nitrogen and oxygen atoms in total. The molecule has 0 spiro atoms. The van der Waals surface area contributed by atoms with Gasteiger partial charge in [-0.3, -0.25) is 4.79 Å². The van der Waals surface area contributed by atoms with E-state index in [0.717, 1.165) is 35.3 Å². The highest BCUT2D eigenvalue weighted by Gasteiger charge is 2.23. The van der Waals surface area contributed by atoms with E-state index in [4.69, 9.17) is 11.6 Å². The number of anilines is 3. The highest BCUT2D eigenvalue weighted by molar-refractivity contribution is 6.33. The second kappa shape index (κ2) is 7.60. The van der Waals surface area contributed by atoms with Crippen LogP contribution in [0.3, 0.4) is 0 Å². The standard InChI is InChI=1S/C22H21ClN4O/c1-14-10-15(2)20(18(23)11-14)26-22-24-12-17(13-25-22)21(28)27-9-5-7-16-6-3-4-8-19(16)27/h3-4,6,8,10-13H,5,7,9H2,1-2H3,(H,24,25,26). The second-order valence-electron chi connectivity index (χ2n) is 7.05.